The van der Waals surface area contributed by atoms with Crippen LogP contribution in [0.15, 0.2) is 6.07 Å². The molecule has 16 heavy (non-hydrogen) atoms. The number of hydrogen-bond acceptors (Lipinski definition) is 4. The number of aryl methyl sites for hydroxylation is 1. The third-order valence-corrected chi connectivity index (χ3v) is 2.06. The standard InChI is InChI=1S/C12H19N3O/c1-8-5-9(6-13)11(10(7-16)14-8)15-12(2,3)4/h5-6,13,15-16H,7H2,1-4H3. The topological polar surface area (TPSA) is 69.0 Å². The van der Waals surface area contributed by atoms with Crippen molar-refractivity contribution in [3.8, 4) is 0 Å². The highest BCUT2D eigenvalue weighted by molar-refractivity contribution is 5.87. The maximum absolute atomic E-state index is 9.28. The number of pyridine rings is 1. The summed E-state index contributed by atoms with van der Waals surface area (Å²) >= 11 is 0. The van der Waals surface area contributed by atoms with Crippen LogP contribution in [0.3, 0.4) is 0 Å². The van der Waals surface area contributed by atoms with Crippen molar-refractivity contribution in [3.63, 3.8) is 0 Å². The molecule has 0 amide bonds. The molecule has 3 N–H and O–H groups in total. The van der Waals surface area contributed by atoms with Gasteiger partial charge in [-0.05, 0) is 33.8 Å². The molecule has 0 bridgehead atoms. The number of nitrogens with one attached hydrogen (secondary N) is 2. The Morgan fingerprint density at radius 1 is 1.50 bits per heavy atom. The summed E-state index contributed by atoms with van der Waals surface area (Å²) in [5.74, 6) is 0. The molecule has 0 atom stereocenters. The monoisotopic (exact) mass is 221 g/mol. The first-order valence-electron chi connectivity index (χ1n) is 5.27. The zero-order chi connectivity index (χ0) is 12.3. The molecule has 88 valence electrons. The maximum Gasteiger partial charge on any atom is 0.0898 e. The van der Waals surface area contributed by atoms with Crippen LogP contribution in [-0.4, -0.2) is 21.8 Å². The average Bonchev–Trinajstić information content (AvgIpc) is 2.18. The molecular formula is C12H19N3O. The SMILES string of the molecule is Cc1cc(C=N)c(NC(C)(C)C)c(CO)n1. The summed E-state index contributed by atoms with van der Waals surface area (Å²) in [6.07, 6.45) is 1.28. The van der Waals surface area contributed by atoms with Crippen LogP contribution in [-0.2, 0) is 6.61 Å². The van der Waals surface area contributed by atoms with E-state index < -0.39 is 0 Å². The van der Waals surface area contributed by atoms with Crippen molar-refractivity contribution < 1.29 is 5.11 Å². The highest BCUT2D eigenvalue weighted by atomic mass is 16.3. The first kappa shape index (κ1) is 12.6. The molecule has 1 aromatic rings. The molecule has 4 nitrogen and oxygen atoms in total. The minimum Gasteiger partial charge on any atom is -0.390 e. The predicted molar refractivity (Wildman–Crippen MR) is 66.2 cm³/mol. The fourth-order valence-electron chi connectivity index (χ4n) is 1.51. The minimum absolute atomic E-state index is 0.124. The Bertz CT molecular complexity index is 394. The lowest BCUT2D eigenvalue weighted by Crippen LogP contribution is -2.28. The smallest absolute Gasteiger partial charge is 0.0898 e. The van der Waals surface area contributed by atoms with Gasteiger partial charge in [0.2, 0.25) is 0 Å². The van der Waals surface area contributed by atoms with Crippen LogP contribution in [0.2, 0.25) is 0 Å². The Labute approximate surface area is 96.2 Å². The van der Waals surface area contributed by atoms with Gasteiger partial charge in [-0.15, -0.1) is 0 Å². The van der Waals surface area contributed by atoms with E-state index in [9.17, 15) is 5.11 Å². The summed E-state index contributed by atoms with van der Waals surface area (Å²) in [7, 11) is 0. The van der Waals surface area contributed by atoms with Gasteiger partial charge in [0.05, 0.1) is 18.0 Å². The second-order valence-electron chi connectivity index (χ2n) is 4.85. The van der Waals surface area contributed by atoms with Gasteiger partial charge in [0, 0.05) is 23.0 Å². The number of hydrogen-bond donors (Lipinski definition) is 3. The van der Waals surface area contributed by atoms with Crippen molar-refractivity contribution in [2.75, 3.05) is 5.32 Å². The average molecular weight is 221 g/mol. The second kappa shape index (κ2) is 4.61. The number of aromatic nitrogens is 1. The van der Waals surface area contributed by atoms with Gasteiger partial charge in [-0.2, -0.15) is 0 Å². The van der Waals surface area contributed by atoms with E-state index in [-0.39, 0.29) is 12.1 Å². The van der Waals surface area contributed by atoms with Gasteiger partial charge in [-0.25, -0.2) is 0 Å². The van der Waals surface area contributed by atoms with Crippen molar-refractivity contribution >= 4 is 11.9 Å². The third kappa shape index (κ3) is 3.03. The van der Waals surface area contributed by atoms with Gasteiger partial charge in [-0.3, -0.25) is 4.98 Å². The van der Waals surface area contributed by atoms with E-state index in [1.807, 2.05) is 33.8 Å². The molecule has 1 rings (SSSR count). The predicted octanol–water partition coefficient (Wildman–Crippen LogP) is 2.09. The Hall–Kier alpha value is -1.42. The normalized spacial score (nSPS) is 11.3. The van der Waals surface area contributed by atoms with Crippen LogP contribution >= 0.6 is 0 Å². The lowest BCUT2D eigenvalue weighted by atomic mass is 10.1. The first-order valence-corrected chi connectivity index (χ1v) is 5.27. The molecule has 0 aromatic carbocycles. The summed E-state index contributed by atoms with van der Waals surface area (Å²) in [5.41, 5.74) is 2.77. The summed E-state index contributed by atoms with van der Waals surface area (Å²) in [5, 5.41) is 19.9. The molecule has 0 aliphatic heterocycles. The van der Waals surface area contributed by atoms with E-state index in [0.29, 0.717) is 5.69 Å². The van der Waals surface area contributed by atoms with Gasteiger partial charge < -0.3 is 15.8 Å². The molecule has 0 saturated carbocycles. The Morgan fingerprint density at radius 2 is 2.12 bits per heavy atom. The van der Waals surface area contributed by atoms with Crippen molar-refractivity contribution in [3.05, 3.63) is 23.0 Å². The zero-order valence-corrected chi connectivity index (χ0v) is 10.3. The van der Waals surface area contributed by atoms with Gasteiger partial charge in [0.1, 0.15) is 0 Å². The minimum atomic E-state index is -0.126. The van der Waals surface area contributed by atoms with Crippen LogP contribution in [0.5, 0.6) is 0 Å². The third-order valence-electron chi connectivity index (χ3n) is 2.06. The number of aliphatic hydroxyl groups excluding tert-OH is 1. The van der Waals surface area contributed by atoms with Crippen LogP contribution < -0.4 is 5.32 Å². The van der Waals surface area contributed by atoms with Crippen molar-refractivity contribution in [2.45, 2.75) is 39.8 Å². The van der Waals surface area contributed by atoms with Gasteiger partial charge in [0.25, 0.3) is 0 Å². The highest BCUT2D eigenvalue weighted by Gasteiger charge is 2.16. The molecule has 0 aliphatic carbocycles. The molecule has 0 unspecified atom stereocenters. The molecule has 4 heteroatoms. The van der Waals surface area contributed by atoms with Gasteiger partial charge >= 0.3 is 0 Å². The molecule has 1 heterocycles. The molecule has 0 radical (unpaired) electrons. The van der Waals surface area contributed by atoms with E-state index in [4.69, 9.17) is 5.41 Å². The van der Waals surface area contributed by atoms with Crippen LogP contribution in [0.1, 0.15) is 37.7 Å². The lowest BCUT2D eigenvalue weighted by Gasteiger charge is -2.25. The van der Waals surface area contributed by atoms with Gasteiger partial charge in [0.15, 0.2) is 0 Å². The van der Waals surface area contributed by atoms with E-state index in [2.05, 4.69) is 10.3 Å². The first-order chi connectivity index (χ1) is 7.37. The summed E-state index contributed by atoms with van der Waals surface area (Å²) < 4.78 is 0. The van der Waals surface area contributed by atoms with Crippen molar-refractivity contribution in [2.24, 2.45) is 0 Å². The van der Waals surface area contributed by atoms with Crippen LogP contribution in [0, 0.1) is 12.3 Å². The Morgan fingerprint density at radius 3 is 2.56 bits per heavy atom. The fourth-order valence-corrected chi connectivity index (χ4v) is 1.51. The second-order valence-corrected chi connectivity index (χ2v) is 4.85. The molecule has 0 aliphatic rings. The fraction of sp³-hybridized carbons (Fsp3) is 0.500. The Balaban J connectivity index is 3.27. The molecule has 0 saturated heterocycles. The lowest BCUT2D eigenvalue weighted by molar-refractivity contribution is 0.277. The Kier molecular flexibility index (Phi) is 3.65. The molecule has 0 spiro atoms. The van der Waals surface area contributed by atoms with E-state index in [0.717, 1.165) is 16.9 Å². The van der Waals surface area contributed by atoms with Crippen molar-refractivity contribution in [1.82, 2.24) is 4.98 Å². The molecule has 1 aromatic heterocycles. The highest BCUT2D eigenvalue weighted by Crippen LogP contribution is 2.23. The number of nitrogens with zero attached hydrogens (tertiary/aromatic N) is 1. The zero-order valence-electron chi connectivity index (χ0n) is 10.3. The van der Waals surface area contributed by atoms with Crippen LogP contribution in [0.4, 0.5) is 5.69 Å². The van der Waals surface area contributed by atoms with Gasteiger partial charge in [-0.1, -0.05) is 0 Å². The summed E-state index contributed by atoms with van der Waals surface area (Å²) in [6, 6.07) is 1.83. The van der Waals surface area contributed by atoms with E-state index >= 15 is 0 Å². The quantitative estimate of drug-likeness (QED) is 0.684. The molecular weight excluding hydrogens is 202 g/mol. The van der Waals surface area contributed by atoms with E-state index in [1.165, 1.54) is 6.21 Å². The maximum atomic E-state index is 9.28. The number of rotatable bonds is 3. The summed E-state index contributed by atoms with van der Waals surface area (Å²) in [6.45, 7) is 7.82. The molecule has 0 fully saturated rings. The largest absolute Gasteiger partial charge is 0.390 e. The van der Waals surface area contributed by atoms with Crippen LogP contribution in [0.25, 0.3) is 0 Å². The number of aliphatic hydroxyl groups is 1. The van der Waals surface area contributed by atoms with E-state index in [1.54, 1.807) is 0 Å². The number of anilines is 1. The summed E-state index contributed by atoms with van der Waals surface area (Å²) in [4.78, 5) is 4.27. The van der Waals surface area contributed by atoms with Crippen molar-refractivity contribution in [1.29, 1.82) is 5.41 Å².